The summed E-state index contributed by atoms with van der Waals surface area (Å²) < 4.78 is 0. The van der Waals surface area contributed by atoms with Crippen molar-refractivity contribution in [3.8, 4) is 0 Å². The molecule has 4 aromatic carbocycles. The van der Waals surface area contributed by atoms with E-state index in [-0.39, 0.29) is 0 Å². The summed E-state index contributed by atoms with van der Waals surface area (Å²) in [5.41, 5.74) is 3.59. The molecule has 0 aliphatic carbocycles. The van der Waals surface area contributed by atoms with Gasteiger partial charge in [0.15, 0.2) is 0 Å². The Bertz CT molecular complexity index is 1010. The normalized spacial score (nSPS) is 11.9. The summed E-state index contributed by atoms with van der Waals surface area (Å²) in [6.07, 6.45) is 2.27. The van der Waals surface area contributed by atoms with Crippen molar-refractivity contribution >= 4 is 21.5 Å². The first-order chi connectivity index (χ1) is 14.1. The minimum absolute atomic E-state index is 0.364. The summed E-state index contributed by atoms with van der Waals surface area (Å²) >= 11 is 0. The maximum absolute atomic E-state index is 2.31. The fourth-order valence-corrected chi connectivity index (χ4v) is 3.92. The molecule has 4 rings (SSSR count). The van der Waals surface area contributed by atoms with Crippen LogP contribution in [0.2, 0.25) is 0 Å². The molecule has 0 bridgehead atoms. The Morgan fingerprint density at radius 2 is 0.767 bits per heavy atom. The van der Waals surface area contributed by atoms with Gasteiger partial charge in [-0.15, -0.1) is 0 Å². The molecule has 0 heteroatoms. The third-order valence-corrected chi connectivity index (χ3v) is 5.10. The predicted molar refractivity (Wildman–Crippen MR) is 134 cm³/mol. The van der Waals surface area contributed by atoms with Gasteiger partial charge in [-0.2, -0.15) is 0 Å². The van der Waals surface area contributed by atoms with Crippen LogP contribution in [0.4, 0.5) is 0 Å². The molecule has 0 amide bonds. The second-order valence-electron chi connectivity index (χ2n) is 10.8. The lowest BCUT2D eigenvalue weighted by atomic mass is 9.87. The molecule has 0 atom stereocenters. The van der Waals surface area contributed by atoms with E-state index in [0.29, 0.717) is 10.8 Å². The van der Waals surface area contributed by atoms with Crippen LogP contribution in [0.1, 0.15) is 52.7 Å². The Balaban J connectivity index is 0.000000171. The smallest absolute Gasteiger partial charge is 0.0181 e. The molecule has 156 valence electrons. The van der Waals surface area contributed by atoms with E-state index in [1.807, 2.05) is 0 Å². The average molecular weight is 397 g/mol. The lowest BCUT2D eigenvalue weighted by Gasteiger charge is -2.18. The van der Waals surface area contributed by atoms with Crippen LogP contribution in [-0.2, 0) is 12.8 Å². The third kappa shape index (κ3) is 6.73. The van der Waals surface area contributed by atoms with Crippen molar-refractivity contribution in [3.63, 3.8) is 0 Å². The lowest BCUT2D eigenvalue weighted by Crippen LogP contribution is -2.08. The fraction of sp³-hybridized carbons (Fsp3) is 0.333. The number of rotatable bonds is 2. The van der Waals surface area contributed by atoms with Crippen molar-refractivity contribution in [2.24, 2.45) is 10.8 Å². The monoisotopic (exact) mass is 396 g/mol. The number of fused-ring (bicyclic) bond motifs is 2. The summed E-state index contributed by atoms with van der Waals surface area (Å²) in [5.74, 6) is 0. The molecule has 0 N–H and O–H groups in total. The van der Waals surface area contributed by atoms with Crippen molar-refractivity contribution in [2.45, 2.75) is 54.4 Å². The van der Waals surface area contributed by atoms with Gasteiger partial charge in [-0.3, -0.25) is 0 Å². The summed E-state index contributed by atoms with van der Waals surface area (Å²) in [6.45, 7) is 13.7. The zero-order valence-electron chi connectivity index (χ0n) is 19.5. The molecule has 0 radical (unpaired) electrons. The summed E-state index contributed by atoms with van der Waals surface area (Å²) in [7, 11) is 0. The van der Waals surface area contributed by atoms with E-state index < -0.39 is 0 Å². The maximum Gasteiger partial charge on any atom is -0.0181 e. The SMILES string of the molecule is CC(C)(C)Cc1ccc2ccccc2c1.CC(C)(C)Cc1ccc2ccccc2c1. The number of benzene rings is 4. The summed E-state index contributed by atoms with van der Waals surface area (Å²) in [5, 5.41) is 5.35. The van der Waals surface area contributed by atoms with Crippen molar-refractivity contribution in [1.82, 2.24) is 0 Å². The Kier molecular flexibility index (Phi) is 6.66. The Morgan fingerprint density at radius 1 is 0.433 bits per heavy atom. The zero-order chi connectivity index (χ0) is 21.8. The lowest BCUT2D eigenvalue weighted by molar-refractivity contribution is 0.411. The van der Waals surface area contributed by atoms with Crippen LogP contribution in [0.15, 0.2) is 84.9 Å². The highest BCUT2D eigenvalue weighted by atomic mass is 14.2. The van der Waals surface area contributed by atoms with Gasteiger partial charge in [0, 0.05) is 0 Å². The molecule has 0 fully saturated rings. The quantitative estimate of drug-likeness (QED) is 0.317. The van der Waals surface area contributed by atoms with E-state index >= 15 is 0 Å². The van der Waals surface area contributed by atoms with Gasteiger partial charge in [0.25, 0.3) is 0 Å². The van der Waals surface area contributed by atoms with Gasteiger partial charge in [0.1, 0.15) is 0 Å². The molecule has 0 aromatic heterocycles. The Hall–Kier alpha value is -2.60. The molecule has 0 aliphatic rings. The standard InChI is InChI=1S/2C15H18/c2*1-15(2,3)11-12-8-9-13-6-4-5-7-14(13)10-12/h2*4-10H,11H2,1-3H3. The van der Waals surface area contributed by atoms with Crippen LogP contribution >= 0.6 is 0 Å². The van der Waals surface area contributed by atoms with E-state index in [0.717, 1.165) is 12.8 Å². The third-order valence-electron chi connectivity index (χ3n) is 5.10. The molecule has 0 unspecified atom stereocenters. The fourth-order valence-electron chi connectivity index (χ4n) is 3.92. The van der Waals surface area contributed by atoms with Crippen LogP contribution in [0.25, 0.3) is 21.5 Å². The topological polar surface area (TPSA) is 0 Å². The van der Waals surface area contributed by atoms with Crippen molar-refractivity contribution in [2.75, 3.05) is 0 Å². The molecular weight excluding hydrogens is 360 g/mol. The van der Waals surface area contributed by atoms with Gasteiger partial charge in [0.05, 0.1) is 0 Å². The molecule has 0 heterocycles. The van der Waals surface area contributed by atoms with Crippen LogP contribution in [0.3, 0.4) is 0 Å². The van der Waals surface area contributed by atoms with Gasteiger partial charge in [0.2, 0.25) is 0 Å². The zero-order valence-corrected chi connectivity index (χ0v) is 19.5. The van der Waals surface area contributed by atoms with E-state index in [1.165, 1.54) is 32.7 Å². The average Bonchev–Trinajstić information content (AvgIpc) is 2.66. The minimum atomic E-state index is 0.364. The van der Waals surface area contributed by atoms with Crippen molar-refractivity contribution < 1.29 is 0 Å². The first-order valence-corrected chi connectivity index (χ1v) is 11.0. The first-order valence-electron chi connectivity index (χ1n) is 11.0. The van der Waals surface area contributed by atoms with Crippen molar-refractivity contribution in [1.29, 1.82) is 0 Å². The van der Waals surface area contributed by atoms with E-state index in [4.69, 9.17) is 0 Å². The van der Waals surface area contributed by atoms with Gasteiger partial charge in [-0.1, -0.05) is 126 Å². The van der Waals surface area contributed by atoms with E-state index in [1.54, 1.807) is 0 Å². The predicted octanol–water partition coefficient (Wildman–Crippen LogP) is 8.86. The van der Waals surface area contributed by atoms with Gasteiger partial charge in [-0.05, 0) is 56.3 Å². The second-order valence-corrected chi connectivity index (χ2v) is 10.8. The summed E-state index contributed by atoms with van der Waals surface area (Å²) in [6, 6.07) is 30.6. The Morgan fingerprint density at radius 3 is 1.10 bits per heavy atom. The van der Waals surface area contributed by atoms with Crippen molar-refractivity contribution in [3.05, 3.63) is 96.1 Å². The highest BCUT2D eigenvalue weighted by Crippen LogP contribution is 2.24. The van der Waals surface area contributed by atoms with E-state index in [2.05, 4.69) is 126 Å². The first kappa shape index (κ1) is 22.1. The molecule has 0 aliphatic heterocycles. The summed E-state index contributed by atoms with van der Waals surface area (Å²) in [4.78, 5) is 0. The molecule has 0 spiro atoms. The molecular formula is C30H36. The highest BCUT2D eigenvalue weighted by molar-refractivity contribution is 5.83. The molecule has 0 saturated heterocycles. The Labute approximate surface area is 183 Å². The second kappa shape index (κ2) is 9.04. The molecule has 0 saturated carbocycles. The van der Waals surface area contributed by atoms with Crippen LogP contribution in [0.5, 0.6) is 0 Å². The minimum Gasteiger partial charge on any atom is -0.0616 e. The van der Waals surface area contributed by atoms with Gasteiger partial charge in [-0.25, -0.2) is 0 Å². The molecule has 0 nitrogen and oxygen atoms in total. The largest absolute Gasteiger partial charge is 0.0616 e. The van der Waals surface area contributed by atoms with Crippen LogP contribution < -0.4 is 0 Å². The van der Waals surface area contributed by atoms with Gasteiger partial charge >= 0.3 is 0 Å². The number of hydrogen-bond donors (Lipinski definition) is 0. The number of hydrogen-bond acceptors (Lipinski definition) is 0. The van der Waals surface area contributed by atoms with Gasteiger partial charge < -0.3 is 0 Å². The molecule has 4 aromatic rings. The van der Waals surface area contributed by atoms with Crippen LogP contribution in [0, 0.1) is 10.8 Å². The maximum atomic E-state index is 2.31. The highest BCUT2D eigenvalue weighted by Gasteiger charge is 2.12. The van der Waals surface area contributed by atoms with Crippen LogP contribution in [-0.4, -0.2) is 0 Å². The molecule has 30 heavy (non-hydrogen) atoms. The van der Waals surface area contributed by atoms with E-state index in [9.17, 15) is 0 Å².